The summed E-state index contributed by atoms with van der Waals surface area (Å²) in [6, 6.07) is 12.0. The summed E-state index contributed by atoms with van der Waals surface area (Å²) in [6.45, 7) is 4.05. The third-order valence-corrected chi connectivity index (χ3v) is 6.00. The number of aryl methyl sites for hydroxylation is 2. The van der Waals surface area contributed by atoms with Crippen LogP contribution in [-0.4, -0.2) is 15.9 Å². The number of rotatable bonds is 3. The summed E-state index contributed by atoms with van der Waals surface area (Å²) < 4.78 is 1.32. The maximum Gasteiger partial charge on any atom is 0.283 e. The van der Waals surface area contributed by atoms with Crippen LogP contribution in [0.4, 0.5) is 0 Å². The predicted octanol–water partition coefficient (Wildman–Crippen LogP) is 4.69. The van der Waals surface area contributed by atoms with Gasteiger partial charge in [0.1, 0.15) is 11.2 Å². The van der Waals surface area contributed by atoms with Gasteiger partial charge in [-0.1, -0.05) is 30.3 Å². The highest BCUT2D eigenvalue weighted by Gasteiger charge is 2.16. The molecule has 6 heteroatoms. The zero-order valence-electron chi connectivity index (χ0n) is 13.8. The Morgan fingerprint density at radius 3 is 2.68 bits per heavy atom. The summed E-state index contributed by atoms with van der Waals surface area (Å²) in [4.78, 5) is 20.3. The van der Waals surface area contributed by atoms with E-state index in [1.807, 2.05) is 55.6 Å². The normalized spacial score (nSPS) is 11.6. The van der Waals surface area contributed by atoms with Gasteiger partial charge in [-0.25, -0.2) is 4.98 Å². The van der Waals surface area contributed by atoms with E-state index in [9.17, 15) is 4.79 Å². The van der Waals surface area contributed by atoms with Crippen LogP contribution in [0.2, 0.25) is 0 Å². The van der Waals surface area contributed by atoms with Crippen molar-refractivity contribution in [3.05, 3.63) is 73.8 Å². The Labute approximate surface area is 152 Å². The minimum Gasteiger partial charge on any atom is -0.267 e. The lowest BCUT2D eigenvalue weighted by Crippen LogP contribution is -2.16. The molecule has 0 bridgehead atoms. The van der Waals surface area contributed by atoms with Crippen LogP contribution in [0.5, 0.6) is 0 Å². The van der Waals surface area contributed by atoms with Crippen molar-refractivity contribution in [3.63, 3.8) is 0 Å². The van der Waals surface area contributed by atoms with Crippen LogP contribution < -0.4 is 5.56 Å². The van der Waals surface area contributed by atoms with Gasteiger partial charge in [0.05, 0.1) is 16.5 Å². The fourth-order valence-corrected chi connectivity index (χ4v) is 4.54. The van der Waals surface area contributed by atoms with E-state index in [1.54, 1.807) is 28.9 Å². The fraction of sp³-hybridized carbons (Fsp3) is 0.105. The summed E-state index contributed by atoms with van der Waals surface area (Å²) in [6.07, 6.45) is 3.21. The van der Waals surface area contributed by atoms with Crippen molar-refractivity contribution in [2.24, 2.45) is 5.10 Å². The van der Waals surface area contributed by atoms with Crippen LogP contribution in [0, 0.1) is 13.8 Å². The summed E-state index contributed by atoms with van der Waals surface area (Å²) in [5.41, 5.74) is 2.99. The minimum absolute atomic E-state index is 0.140. The second-order valence-electron chi connectivity index (χ2n) is 5.69. The number of aromatic nitrogens is 2. The molecule has 0 radical (unpaired) electrons. The van der Waals surface area contributed by atoms with Gasteiger partial charge < -0.3 is 0 Å². The average Bonchev–Trinajstić information content (AvgIpc) is 3.18. The molecule has 25 heavy (non-hydrogen) atoms. The Balaban J connectivity index is 1.89. The van der Waals surface area contributed by atoms with E-state index in [-0.39, 0.29) is 5.56 Å². The molecule has 4 aromatic rings. The van der Waals surface area contributed by atoms with E-state index in [1.165, 1.54) is 11.0 Å². The van der Waals surface area contributed by atoms with Gasteiger partial charge >= 0.3 is 0 Å². The second-order valence-corrected chi connectivity index (χ2v) is 7.84. The summed E-state index contributed by atoms with van der Waals surface area (Å²) in [7, 11) is 0. The van der Waals surface area contributed by atoms with Gasteiger partial charge in [0.2, 0.25) is 0 Å². The van der Waals surface area contributed by atoms with Crippen molar-refractivity contribution in [3.8, 4) is 11.1 Å². The molecule has 4 rings (SSSR count). The Kier molecular flexibility index (Phi) is 4.07. The van der Waals surface area contributed by atoms with E-state index in [0.717, 1.165) is 31.3 Å². The molecule has 0 saturated heterocycles. The smallest absolute Gasteiger partial charge is 0.267 e. The first kappa shape index (κ1) is 15.9. The molecule has 0 spiro atoms. The average molecular weight is 365 g/mol. The molecule has 0 aliphatic carbocycles. The van der Waals surface area contributed by atoms with E-state index in [0.29, 0.717) is 5.39 Å². The SMILES string of the molecule is Cc1ccsc1/C=N\n1cnc2sc(C)c(-c3ccccc3)c2c1=O. The largest absolute Gasteiger partial charge is 0.283 e. The molecule has 0 aliphatic heterocycles. The highest BCUT2D eigenvalue weighted by atomic mass is 32.1. The Bertz CT molecular complexity index is 1140. The molecule has 3 heterocycles. The standard InChI is InChI=1S/C19H15N3OS2/c1-12-8-9-24-15(12)10-21-22-11-20-18-17(19(22)23)16(13(2)25-18)14-6-4-3-5-7-14/h3-11H,1-2H3/b21-10-. The third-order valence-electron chi connectivity index (χ3n) is 4.04. The molecule has 0 aliphatic rings. The Morgan fingerprint density at radius 1 is 1.16 bits per heavy atom. The van der Waals surface area contributed by atoms with E-state index >= 15 is 0 Å². The minimum atomic E-state index is -0.140. The molecule has 124 valence electrons. The molecule has 0 amide bonds. The van der Waals surface area contributed by atoms with Crippen LogP contribution in [0.1, 0.15) is 15.3 Å². The van der Waals surface area contributed by atoms with Gasteiger partial charge in [-0.05, 0) is 36.4 Å². The molecule has 1 aromatic carbocycles. The first-order valence-corrected chi connectivity index (χ1v) is 9.49. The number of thiophene rings is 2. The van der Waals surface area contributed by atoms with Gasteiger partial charge in [-0.2, -0.15) is 9.78 Å². The van der Waals surface area contributed by atoms with Crippen molar-refractivity contribution in [1.82, 2.24) is 9.66 Å². The topological polar surface area (TPSA) is 47.2 Å². The third kappa shape index (κ3) is 2.83. The highest BCUT2D eigenvalue weighted by molar-refractivity contribution is 7.19. The van der Waals surface area contributed by atoms with Gasteiger partial charge in [-0.15, -0.1) is 22.7 Å². The van der Waals surface area contributed by atoms with Crippen LogP contribution in [0.3, 0.4) is 0 Å². The van der Waals surface area contributed by atoms with E-state index in [4.69, 9.17) is 0 Å². The molecular weight excluding hydrogens is 350 g/mol. The van der Waals surface area contributed by atoms with E-state index in [2.05, 4.69) is 10.1 Å². The van der Waals surface area contributed by atoms with Crippen molar-refractivity contribution >= 4 is 39.1 Å². The molecule has 3 aromatic heterocycles. The lowest BCUT2D eigenvalue weighted by Gasteiger charge is -2.02. The highest BCUT2D eigenvalue weighted by Crippen LogP contribution is 2.35. The number of hydrogen-bond donors (Lipinski definition) is 0. The van der Waals surface area contributed by atoms with Crippen LogP contribution >= 0.6 is 22.7 Å². The quantitative estimate of drug-likeness (QED) is 0.495. The van der Waals surface area contributed by atoms with Gasteiger partial charge in [0, 0.05) is 10.4 Å². The number of hydrogen-bond acceptors (Lipinski definition) is 5. The van der Waals surface area contributed by atoms with Crippen molar-refractivity contribution in [2.45, 2.75) is 13.8 Å². The van der Waals surface area contributed by atoms with Crippen molar-refractivity contribution in [2.75, 3.05) is 0 Å². The van der Waals surface area contributed by atoms with E-state index < -0.39 is 0 Å². The Morgan fingerprint density at radius 2 is 1.96 bits per heavy atom. The number of benzene rings is 1. The zero-order chi connectivity index (χ0) is 17.4. The van der Waals surface area contributed by atoms with Crippen LogP contribution in [-0.2, 0) is 0 Å². The molecule has 0 fully saturated rings. The monoisotopic (exact) mass is 365 g/mol. The van der Waals surface area contributed by atoms with Gasteiger partial charge in [0.25, 0.3) is 5.56 Å². The number of nitrogens with zero attached hydrogens (tertiary/aromatic N) is 3. The fourth-order valence-electron chi connectivity index (χ4n) is 2.76. The molecule has 0 atom stereocenters. The predicted molar refractivity (Wildman–Crippen MR) is 106 cm³/mol. The van der Waals surface area contributed by atoms with Crippen molar-refractivity contribution < 1.29 is 0 Å². The van der Waals surface area contributed by atoms with Crippen LogP contribution in [0.25, 0.3) is 21.3 Å². The van der Waals surface area contributed by atoms with Crippen LogP contribution in [0.15, 0.2) is 58.0 Å². The van der Waals surface area contributed by atoms with Crippen molar-refractivity contribution in [1.29, 1.82) is 0 Å². The maximum atomic E-state index is 13.0. The maximum absolute atomic E-state index is 13.0. The second kappa shape index (κ2) is 6.38. The zero-order valence-corrected chi connectivity index (χ0v) is 15.4. The molecular formula is C19H15N3OS2. The first-order valence-electron chi connectivity index (χ1n) is 7.80. The molecule has 0 saturated carbocycles. The molecule has 0 unspecified atom stereocenters. The number of fused-ring (bicyclic) bond motifs is 1. The lowest BCUT2D eigenvalue weighted by molar-refractivity contribution is 0.819. The summed E-state index contributed by atoms with van der Waals surface area (Å²) >= 11 is 3.14. The van der Waals surface area contributed by atoms with Gasteiger partial charge in [0.15, 0.2) is 0 Å². The first-order chi connectivity index (χ1) is 12.1. The Hall–Kier alpha value is -2.57. The molecule has 0 N–H and O–H groups in total. The summed E-state index contributed by atoms with van der Waals surface area (Å²) in [5.74, 6) is 0. The summed E-state index contributed by atoms with van der Waals surface area (Å²) in [5, 5.41) is 6.98. The van der Waals surface area contributed by atoms with Gasteiger partial charge in [-0.3, -0.25) is 4.79 Å². The lowest BCUT2D eigenvalue weighted by atomic mass is 10.0. The molecule has 4 nitrogen and oxygen atoms in total.